The SMILES string of the molecule is CCCCOCC(=O)CC(=O)CC(=O)C(=O)O. The fraction of sp³-hybridized carbons (Fsp3) is 0.636. The van der Waals surface area contributed by atoms with Crippen LogP contribution in [0.2, 0.25) is 0 Å². The van der Waals surface area contributed by atoms with Crippen molar-refractivity contribution in [3.05, 3.63) is 0 Å². The molecule has 0 aromatic rings. The number of carboxylic acid groups (broad SMARTS) is 1. The van der Waals surface area contributed by atoms with E-state index in [4.69, 9.17) is 9.84 Å². The number of rotatable bonds is 10. The van der Waals surface area contributed by atoms with Gasteiger partial charge in [0.05, 0.1) is 12.8 Å². The second-order valence-electron chi connectivity index (χ2n) is 3.57. The highest BCUT2D eigenvalue weighted by Gasteiger charge is 2.18. The first-order valence-corrected chi connectivity index (χ1v) is 5.34. The van der Waals surface area contributed by atoms with Crippen molar-refractivity contribution >= 4 is 23.3 Å². The largest absolute Gasteiger partial charge is 0.475 e. The molecule has 0 fully saturated rings. The maximum absolute atomic E-state index is 11.2. The molecule has 0 radical (unpaired) electrons. The molecule has 17 heavy (non-hydrogen) atoms. The highest BCUT2D eigenvalue weighted by Crippen LogP contribution is 1.96. The first kappa shape index (κ1) is 15.4. The Morgan fingerprint density at radius 3 is 2.24 bits per heavy atom. The summed E-state index contributed by atoms with van der Waals surface area (Å²) in [6.45, 7) is 2.25. The number of carboxylic acids is 1. The van der Waals surface area contributed by atoms with Gasteiger partial charge in [-0.3, -0.25) is 14.4 Å². The van der Waals surface area contributed by atoms with E-state index in [1.54, 1.807) is 0 Å². The average molecular weight is 244 g/mol. The normalized spacial score (nSPS) is 9.94. The second kappa shape index (κ2) is 8.58. The van der Waals surface area contributed by atoms with Gasteiger partial charge in [-0.05, 0) is 6.42 Å². The molecule has 0 bridgehead atoms. The molecule has 0 unspecified atom stereocenters. The van der Waals surface area contributed by atoms with Crippen molar-refractivity contribution in [2.75, 3.05) is 13.2 Å². The Morgan fingerprint density at radius 2 is 1.71 bits per heavy atom. The number of ether oxygens (including phenoxy) is 1. The van der Waals surface area contributed by atoms with Crippen LogP contribution >= 0.6 is 0 Å². The lowest BCUT2D eigenvalue weighted by Crippen LogP contribution is -2.20. The van der Waals surface area contributed by atoms with Crippen LogP contribution in [0, 0.1) is 0 Å². The van der Waals surface area contributed by atoms with Gasteiger partial charge >= 0.3 is 5.97 Å². The van der Waals surface area contributed by atoms with Crippen molar-refractivity contribution in [1.82, 2.24) is 0 Å². The van der Waals surface area contributed by atoms with E-state index in [2.05, 4.69) is 0 Å². The number of hydrogen-bond acceptors (Lipinski definition) is 5. The molecular weight excluding hydrogens is 228 g/mol. The monoisotopic (exact) mass is 244 g/mol. The van der Waals surface area contributed by atoms with Crippen LogP contribution in [-0.4, -0.2) is 41.6 Å². The van der Waals surface area contributed by atoms with Crippen LogP contribution in [0.4, 0.5) is 0 Å². The Bertz CT molecular complexity index is 307. The Kier molecular flexibility index (Phi) is 7.79. The van der Waals surface area contributed by atoms with Crippen molar-refractivity contribution in [3.8, 4) is 0 Å². The topological polar surface area (TPSA) is 97.7 Å². The van der Waals surface area contributed by atoms with Gasteiger partial charge in [-0.25, -0.2) is 4.79 Å². The lowest BCUT2D eigenvalue weighted by molar-refractivity contribution is -0.150. The Balaban J connectivity index is 3.77. The van der Waals surface area contributed by atoms with E-state index in [1.807, 2.05) is 6.92 Å². The van der Waals surface area contributed by atoms with Crippen molar-refractivity contribution < 1.29 is 29.0 Å². The van der Waals surface area contributed by atoms with E-state index < -0.39 is 36.2 Å². The van der Waals surface area contributed by atoms with E-state index >= 15 is 0 Å². The number of aliphatic carboxylic acids is 1. The zero-order valence-corrected chi connectivity index (χ0v) is 9.73. The maximum atomic E-state index is 11.2. The predicted molar refractivity (Wildman–Crippen MR) is 57.6 cm³/mol. The molecule has 0 atom stereocenters. The molecule has 6 heteroatoms. The Morgan fingerprint density at radius 1 is 1.06 bits per heavy atom. The molecule has 0 rings (SSSR count). The summed E-state index contributed by atoms with van der Waals surface area (Å²) in [5.74, 6) is -3.99. The molecular formula is C11H16O6. The number of carbonyl (C=O) groups excluding carboxylic acids is 3. The fourth-order valence-electron chi connectivity index (χ4n) is 1.02. The lowest BCUT2D eigenvalue weighted by atomic mass is 10.1. The summed E-state index contributed by atoms with van der Waals surface area (Å²) in [7, 11) is 0. The van der Waals surface area contributed by atoms with Gasteiger partial charge in [0, 0.05) is 6.61 Å². The quantitative estimate of drug-likeness (QED) is 0.339. The zero-order valence-electron chi connectivity index (χ0n) is 9.73. The zero-order chi connectivity index (χ0) is 13.3. The van der Waals surface area contributed by atoms with Crippen LogP contribution in [0.15, 0.2) is 0 Å². The van der Waals surface area contributed by atoms with E-state index in [-0.39, 0.29) is 6.61 Å². The third-order valence-electron chi connectivity index (χ3n) is 1.90. The lowest BCUT2D eigenvalue weighted by Gasteiger charge is -2.01. The predicted octanol–water partition coefficient (Wildman–Crippen LogP) is 0.375. The Labute approximate surface area is 98.9 Å². The Hall–Kier alpha value is -1.56. The number of Topliss-reactive ketones (excluding diaryl/α,β-unsaturated/α-hetero) is 3. The smallest absolute Gasteiger partial charge is 0.372 e. The number of hydrogen-bond donors (Lipinski definition) is 1. The second-order valence-corrected chi connectivity index (χ2v) is 3.57. The third kappa shape index (κ3) is 8.27. The van der Waals surface area contributed by atoms with Crippen molar-refractivity contribution in [2.24, 2.45) is 0 Å². The van der Waals surface area contributed by atoms with Gasteiger partial charge in [0.2, 0.25) is 5.78 Å². The standard InChI is InChI=1S/C11H16O6/c1-2-3-4-17-7-9(13)5-8(12)6-10(14)11(15)16/h2-7H2,1H3,(H,15,16). The van der Waals surface area contributed by atoms with Gasteiger partial charge in [-0.1, -0.05) is 13.3 Å². The summed E-state index contributed by atoms with van der Waals surface area (Å²) in [5, 5.41) is 8.25. The van der Waals surface area contributed by atoms with Gasteiger partial charge in [0.15, 0.2) is 5.78 Å². The molecule has 0 aliphatic rings. The van der Waals surface area contributed by atoms with Gasteiger partial charge in [0.1, 0.15) is 12.4 Å². The summed E-state index contributed by atoms with van der Waals surface area (Å²) in [6.07, 6.45) is 0.583. The minimum Gasteiger partial charge on any atom is -0.475 e. The highest BCUT2D eigenvalue weighted by atomic mass is 16.5. The van der Waals surface area contributed by atoms with Gasteiger partial charge in [-0.15, -0.1) is 0 Å². The first-order valence-electron chi connectivity index (χ1n) is 5.34. The van der Waals surface area contributed by atoms with Crippen LogP contribution in [0.5, 0.6) is 0 Å². The van der Waals surface area contributed by atoms with Crippen molar-refractivity contribution in [1.29, 1.82) is 0 Å². The van der Waals surface area contributed by atoms with Gasteiger partial charge < -0.3 is 9.84 Å². The van der Waals surface area contributed by atoms with Gasteiger partial charge in [0.25, 0.3) is 0 Å². The van der Waals surface area contributed by atoms with Crippen LogP contribution in [0.25, 0.3) is 0 Å². The molecule has 0 aliphatic carbocycles. The average Bonchev–Trinajstić information content (AvgIpc) is 2.24. The summed E-state index contributed by atoms with van der Waals surface area (Å²) in [4.78, 5) is 43.1. The molecule has 96 valence electrons. The number of ketones is 3. The van der Waals surface area contributed by atoms with E-state index in [0.717, 1.165) is 12.8 Å². The highest BCUT2D eigenvalue weighted by molar-refractivity contribution is 6.36. The molecule has 0 aromatic carbocycles. The van der Waals surface area contributed by atoms with Gasteiger partial charge in [-0.2, -0.15) is 0 Å². The number of unbranched alkanes of at least 4 members (excludes halogenated alkanes) is 1. The summed E-state index contributed by atoms with van der Waals surface area (Å²) >= 11 is 0. The van der Waals surface area contributed by atoms with E-state index in [1.165, 1.54) is 0 Å². The minimum atomic E-state index is -1.66. The summed E-state index contributed by atoms with van der Waals surface area (Å²) < 4.78 is 4.99. The molecule has 1 N–H and O–H groups in total. The molecule has 0 saturated heterocycles. The maximum Gasteiger partial charge on any atom is 0.372 e. The molecule has 0 spiro atoms. The van der Waals surface area contributed by atoms with Crippen molar-refractivity contribution in [2.45, 2.75) is 32.6 Å². The summed E-state index contributed by atoms with van der Waals surface area (Å²) in [6, 6.07) is 0. The molecule has 0 saturated carbocycles. The molecule has 0 aromatic heterocycles. The molecule has 0 amide bonds. The minimum absolute atomic E-state index is 0.174. The van der Waals surface area contributed by atoms with E-state index in [0.29, 0.717) is 6.61 Å². The van der Waals surface area contributed by atoms with Crippen LogP contribution in [-0.2, 0) is 23.9 Å². The first-order chi connectivity index (χ1) is 7.97. The van der Waals surface area contributed by atoms with E-state index in [9.17, 15) is 19.2 Å². The van der Waals surface area contributed by atoms with Crippen LogP contribution in [0.1, 0.15) is 32.6 Å². The third-order valence-corrected chi connectivity index (χ3v) is 1.90. The molecule has 6 nitrogen and oxygen atoms in total. The molecule has 0 aliphatic heterocycles. The van der Waals surface area contributed by atoms with Crippen molar-refractivity contribution in [3.63, 3.8) is 0 Å². The van der Waals surface area contributed by atoms with Crippen LogP contribution < -0.4 is 0 Å². The number of carbonyl (C=O) groups is 4. The van der Waals surface area contributed by atoms with Crippen LogP contribution in [0.3, 0.4) is 0 Å². The summed E-state index contributed by atoms with van der Waals surface area (Å²) in [5.41, 5.74) is 0. The fourth-order valence-corrected chi connectivity index (χ4v) is 1.02. The molecule has 0 heterocycles.